The molecule has 0 saturated carbocycles. The van der Waals surface area contributed by atoms with Gasteiger partial charge in [-0.15, -0.1) is 0 Å². The van der Waals surface area contributed by atoms with Crippen molar-refractivity contribution >= 4 is 13.6 Å². The van der Waals surface area contributed by atoms with Gasteiger partial charge in [-0.1, -0.05) is 0 Å². The predicted octanol–water partition coefficient (Wildman–Crippen LogP) is 1.77. The molecule has 0 atom stereocenters. The van der Waals surface area contributed by atoms with Crippen molar-refractivity contribution in [2.75, 3.05) is 20.8 Å². The fraction of sp³-hybridized carbons (Fsp3) is 0.750. The first-order valence-electron chi connectivity index (χ1n) is 2.73. The summed E-state index contributed by atoms with van der Waals surface area (Å²) in [6.45, 7) is 0.826. The summed E-state index contributed by atoms with van der Waals surface area (Å²) >= 11 is 0. The third-order valence-corrected chi connectivity index (χ3v) is 4.86. The Kier molecular flexibility index (Phi) is 1.09. The molecular weight excluding hydrogens is 161 g/mol. The van der Waals surface area contributed by atoms with E-state index in [2.05, 4.69) is 0 Å². The molecule has 1 aliphatic rings. The van der Waals surface area contributed by atoms with Crippen molar-refractivity contribution in [2.45, 2.75) is 0 Å². The van der Waals surface area contributed by atoms with E-state index < -0.39 is 13.6 Å². The molecule has 2 amide bonds. The molecule has 0 N–H and O–H groups in total. The van der Waals surface area contributed by atoms with Crippen LogP contribution in [0.4, 0.5) is 13.2 Å². The monoisotopic (exact) mass is 170 g/mol. The van der Waals surface area contributed by atoms with E-state index in [0.29, 0.717) is 9.34 Å². The zero-order chi connectivity index (χ0) is 8.18. The quantitative estimate of drug-likeness (QED) is 0.508. The maximum atomic E-state index is 13.0. The fourth-order valence-electron chi connectivity index (χ4n) is 0.750. The fourth-order valence-corrected chi connectivity index (χ4v) is 2.05. The third-order valence-electron chi connectivity index (χ3n) is 1.88. The van der Waals surface area contributed by atoms with Crippen LogP contribution in [-0.2, 0) is 0 Å². The van der Waals surface area contributed by atoms with Crippen molar-refractivity contribution in [1.29, 1.82) is 0 Å². The number of hydrogen-bond donors (Lipinski definition) is 0. The van der Waals surface area contributed by atoms with Crippen LogP contribution in [0, 0.1) is 0 Å². The van der Waals surface area contributed by atoms with Gasteiger partial charge in [-0.05, 0) is 0 Å². The van der Waals surface area contributed by atoms with Crippen molar-refractivity contribution in [1.82, 2.24) is 9.34 Å². The first kappa shape index (κ1) is 7.66. The standard InChI is InChI=1S/C4H9F2N2OP/c1-7-4(9)8(2)10(7,3,5)6/h1-3H3. The number of amides is 2. The van der Waals surface area contributed by atoms with Gasteiger partial charge in [-0.2, -0.15) is 0 Å². The van der Waals surface area contributed by atoms with E-state index in [-0.39, 0.29) is 0 Å². The second kappa shape index (κ2) is 1.42. The van der Waals surface area contributed by atoms with Crippen molar-refractivity contribution in [2.24, 2.45) is 0 Å². The normalized spacial score (nSPS) is 32.5. The summed E-state index contributed by atoms with van der Waals surface area (Å²) < 4.78 is 27.1. The number of carbonyl (C=O) groups excluding carboxylic acids is 1. The van der Waals surface area contributed by atoms with E-state index >= 15 is 0 Å². The Bertz CT molecular complexity index is 183. The van der Waals surface area contributed by atoms with E-state index in [0.717, 1.165) is 20.8 Å². The Hall–Kier alpha value is -0.440. The van der Waals surface area contributed by atoms with Crippen LogP contribution in [0.1, 0.15) is 0 Å². The van der Waals surface area contributed by atoms with E-state index in [1.807, 2.05) is 0 Å². The molecule has 0 aromatic rings. The summed E-state index contributed by atoms with van der Waals surface area (Å²) in [5, 5.41) is 0. The molecule has 3 nitrogen and oxygen atoms in total. The van der Waals surface area contributed by atoms with Gasteiger partial charge >= 0.3 is 56.8 Å². The summed E-state index contributed by atoms with van der Waals surface area (Å²) in [5.74, 6) is 0. The first-order chi connectivity index (χ1) is 4.26. The molecule has 1 heterocycles. The maximum absolute atomic E-state index is 13.0. The number of nitrogens with zero attached hydrogens (tertiary/aromatic N) is 2. The molecule has 0 unspecified atom stereocenters. The van der Waals surface area contributed by atoms with Crippen LogP contribution in [0.5, 0.6) is 0 Å². The zero-order valence-corrected chi connectivity index (χ0v) is 6.90. The molecule has 0 spiro atoms. The van der Waals surface area contributed by atoms with E-state index in [1.165, 1.54) is 0 Å². The van der Waals surface area contributed by atoms with Gasteiger partial charge in [0.25, 0.3) is 0 Å². The van der Waals surface area contributed by atoms with Gasteiger partial charge in [0, 0.05) is 0 Å². The first-order valence-corrected chi connectivity index (χ1v) is 5.10. The second-order valence-electron chi connectivity index (χ2n) is 2.52. The van der Waals surface area contributed by atoms with Gasteiger partial charge < -0.3 is 0 Å². The van der Waals surface area contributed by atoms with Crippen LogP contribution >= 0.6 is 7.53 Å². The van der Waals surface area contributed by atoms with Crippen LogP contribution in [0.2, 0.25) is 0 Å². The molecule has 6 heteroatoms. The van der Waals surface area contributed by atoms with Gasteiger partial charge in [-0.25, -0.2) is 0 Å². The Morgan fingerprint density at radius 2 is 1.60 bits per heavy atom. The molecule has 0 bridgehead atoms. The van der Waals surface area contributed by atoms with E-state index in [4.69, 9.17) is 0 Å². The second-order valence-corrected chi connectivity index (χ2v) is 6.11. The van der Waals surface area contributed by atoms with Crippen LogP contribution in [-0.4, -0.2) is 36.1 Å². The minimum absolute atomic E-state index is 0.533. The van der Waals surface area contributed by atoms with E-state index in [9.17, 15) is 13.2 Å². The average molecular weight is 170 g/mol. The van der Waals surface area contributed by atoms with Gasteiger partial charge in [0.15, 0.2) is 0 Å². The van der Waals surface area contributed by atoms with Gasteiger partial charge in [0.1, 0.15) is 0 Å². The Morgan fingerprint density at radius 3 is 1.70 bits per heavy atom. The van der Waals surface area contributed by atoms with Gasteiger partial charge in [0.05, 0.1) is 0 Å². The molecule has 0 aromatic carbocycles. The Morgan fingerprint density at radius 1 is 1.30 bits per heavy atom. The molecule has 1 saturated heterocycles. The molecule has 1 rings (SSSR count). The van der Waals surface area contributed by atoms with E-state index in [1.54, 1.807) is 0 Å². The summed E-state index contributed by atoms with van der Waals surface area (Å²) in [6.07, 6.45) is 0. The summed E-state index contributed by atoms with van der Waals surface area (Å²) in [5.41, 5.74) is 0. The van der Waals surface area contributed by atoms with Crippen LogP contribution < -0.4 is 0 Å². The minimum atomic E-state index is -4.86. The van der Waals surface area contributed by atoms with Crippen LogP contribution in [0.15, 0.2) is 0 Å². The SMILES string of the molecule is CN1C(=O)N(C)P1(C)(F)F. The van der Waals surface area contributed by atoms with Gasteiger partial charge in [0.2, 0.25) is 0 Å². The van der Waals surface area contributed by atoms with Crippen molar-refractivity contribution in [3.05, 3.63) is 0 Å². The molecule has 10 heavy (non-hydrogen) atoms. The van der Waals surface area contributed by atoms with Gasteiger partial charge in [-0.3, -0.25) is 0 Å². The molecule has 0 radical (unpaired) electrons. The van der Waals surface area contributed by atoms with Crippen LogP contribution in [0.3, 0.4) is 0 Å². The number of carbonyl (C=O) groups is 1. The number of halogens is 2. The van der Waals surface area contributed by atoms with Crippen molar-refractivity contribution in [3.63, 3.8) is 0 Å². The Balaban J connectivity index is 2.96. The zero-order valence-electron chi connectivity index (χ0n) is 6.01. The Labute approximate surface area is 57.9 Å². The summed E-state index contributed by atoms with van der Waals surface area (Å²) in [4.78, 5) is 10.6. The molecule has 0 aromatic heterocycles. The molecular formula is C4H9F2N2OP. The summed E-state index contributed by atoms with van der Waals surface area (Å²) in [6, 6.07) is -0.606. The average Bonchev–Trinajstić information content (AvgIpc) is 1.82. The van der Waals surface area contributed by atoms with Crippen LogP contribution in [0.25, 0.3) is 0 Å². The summed E-state index contributed by atoms with van der Waals surface area (Å²) in [7, 11) is -2.61. The number of urea groups is 1. The topological polar surface area (TPSA) is 23.6 Å². The number of hydrogen-bond acceptors (Lipinski definition) is 1. The third kappa shape index (κ3) is 0.586. The molecule has 0 aliphatic carbocycles. The van der Waals surface area contributed by atoms with Crippen molar-refractivity contribution < 1.29 is 13.2 Å². The number of rotatable bonds is 0. The molecule has 1 aliphatic heterocycles. The predicted molar refractivity (Wildman–Crippen MR) is 36.0 cm³/mol. The van der Waals surface area contributed by atoms with Crippen molar-refractivity contribution in [3.8, 4) is 0 Å². The molecule has 60 valence electrons. The molecule has 1 fully saturated rings.